The molecule has 1 unspecified atom stereocenters. The van der Waals surface area contributed by atoms with Crippen molar-refractivity contribution in [2.24, 2.45) is 5.73 Å². The van der Waals surface area contributed by atoms with E-state index in [1.54, 1.807) is 0 Å². The van der Waals surface area contributed by atoms with Crippen molar-refractivity contribution in [2.45, 2.75) is 44.2 Å². The number of hydrogen-bond acceptors (Lipinski definition) is 3. The number of carbonyl (C=O) groups is 1. The Morgan fingerprint density at radius 2 is 1.82 bits per heavy atom. The molecule has 0 spiro atoms. The van der Waals surface area contributed by atoms with Crippen molar-refractivity contribution < 1.29 is 4.79 Å². The summed E-state index contributed by atoms with van der Waals surface area (Å²) in [4.78, 5) is 14.3. The lowest BCUT2D eigenvalue weighted by molar-refractivity contribution is -0.126. The van der Waals surface area contributed by atoms with Crippen molar-refractivity contribution in [3.63, 3.8) is 0 Å². The van der Waals surface area contributed by atoms with E-state index in [2.05, 4.69) is 29.3 Å². The van der Waals surface area contributed by atoms with Crippen LogP contribution in [0.3, 0.4) is 0 Å². The molecule has 126 valence electrons. The molecule has 1 atom stereocenters. The van der Waals surface area contributed by atoms with Crippen LogP contribution in [-0.4, -0.2) is 31.1 Å². The summed E-state index contributed by atoms with van der Waals surface area (Å²) in [5.41, 5.74) is 6.67. The maximum absolute atomic E-state index is 12.2. The highest BCUT2D eigenvalue weighted by Crippen LogP contribution is 2.27. The Balaban J connectivity index is 0.00000220. The fraction of sp³-hybridized carbons (Fsp3) is 0.562. The number of para-hydroxylation sites is 1. The molecule has 0 bridgehead atoms. The molecule has 1 aliphatic rings. The van der Waals surface area contributed by atoms with Crippen LogP contribution < -0.4 is 16.0 Å². The molecule has 0 radical (unpaired) electrons. The summed E-state index contributed by atoms with van der Waals surface area (Å²) in [5, 5.41) is 3.01. The second kappa shape index (κ2) is 9.23. The maximum atomic E-state index is 12.2. The van der Waals surface area contributed by atoms with E-state index in [4.69, 9.17) is 5.73 Å². The Hall–Kier alpha value is -0.970. The summed E-state index contributed by atoms with van der Waals surface area (Å²) in [7, 11) is 2.04. The molecule has 1 aromatic rings. The molecule has 1 fully saturated rings. The van der Waals surface area contributed by atoms with Crippen LogP contribution in [0.2, 0.25) is 0 Å². The minimum atomic E-state index is -0.634. The minimum Gasteiger partial charge on any atom is -0.370 e. The topological polar surface area (TPSA) is 58.4 Å². The van der Waals surface area contributed by atoms with Gasteiger partial charge in [-0.1, -0.05) is 31.0 Å². The average Bonchev–Trinajstić information content (AvgIpc) is 2.92. The van der Waals surface area contributed by atoms with Gasteiger partial charge in [0.05, 0.1) is 5.54 Å². The second-order valence-electron chi connectivity index (χ2n) is 5.87. The number of amides is 1. The molecule has 1 aromatic carbocycles. The van der Waals surface area contributed by atoms with Crippen molar-refractivity contribution in [3.05, 3.63) is 30.3 Å². The molecule has 0 heterocycles. The van der Waals surface area contributed by atoms with Crippen LogP contribution in [-0.2, 0) is 4.79 Å². The van der Waals surface area contributed by atoms with E-state index < -0.39 is 5.54 Å². The monoisotopic (exact) mass is 347 g/mol. The van der Waals surface area contributed by atoms with Crippen molar-refractivity contribution in [3.8, 4) is 0 Å². The van der Waals surface area contributed by atoms with Crippen molar-refractivity contribution >= 4 is 36.4 Å². The Morgan fingerprint density at radius 1 is 1.27 bits per heavy atom. The first-order valence-electron chi connectivity index (χ1n) is 7.38. The molecule has 1 amide bonds. The number of hydrogen-bond donors (Lipinski definition) is 2. The molecule has 2 rings (SSSR count). The fourth-order valence-electron chi connectivity index (χ4n) is 2.70. The summed E-state index contributed by atoms with van der Waals surface area (Å²) >= 11 is 0. The molecule has 22 heavy (non-hydrogen) atoms. The molecule has 3 N–H and O–H groups in total. The number of nitrogens with two attached hydrogens (primary N) is 1. The van der Waals surface area contributed by atoms with Gasteiger partial charge in [-0.2, -0.15) is 0 Å². The average molecular weight is 348 g/mol. The molecule has 0 saturated heterocycles. The van der Waals surface area contributed by atoms with Gasteiger partial charge in [-0.25, -0.2) is 0 Å². The summed E-state index contributed by atoms with van der Waals surface area (Å²) in [6, 6.07) is 10.4. The van der Waals surface area contributed by atoms with Crippen LogP contribution in [0.4, 0.5) is 5.69 Å². The molecular weight excluding hydrogens is 321 g/mol. The predicted molar refractivity (Wildman–Crippen MR) is 97.2 cm³/mol. The van der Waals surface area contributed by atoms with Crippen LogP contribution in [0.25, 0.3) is 0 Å². The quantitative estimate of drug-likeness (QED) is 0.860. The third-order valence-electron chi connectivity index (χ3n) is 4.33. The van der Waals surface area contributed by atoms with E-state index in [1.807, 2.05) is 25.2 Å². The number of carbonyl (C=O) groups excluding carboxylic acids is 1. The van der Waals surface area contributed by atoms with E-state index >= 15 is 0 Å². The highest BCUT2D eigenvalue weighted by Gasteiger charge is 2.36. The molecule has 1 aliphatic carbocycles. The summed E-state index contributed by atoms with van der Waals surface area (Å²) in [6.45, 7) is 2.72. The highest BCUT2D eigenvalue weighted by atomic mass is 35.5. The van der Waals surface area contributed by atoms with E-state index in [0.29, 0.717) is 6.54 Å². The van der Waals surface area contributed by atoms with Crippen LogP contribution in [0.15, 0.2) is 30.3 Å². The second-order valence-corrected chi connectivity index (χ2v) is 5.87. The van der Waals surface area contributed by atoms with E-state index in [0.717, 1.165) is 31.4 Å². The van der Waals surface area contributed by atoms with Gasteiger partial charge in [0.25, 0.3) is 0 Å². The number of anilines is 1. The number of halogens is 2. The van der Waals surface area contributed by atoms with Gasteiger partial charge >= 0.3 is 0 Å². The molecule has 0 aromatic heterocycles. The first-order chi connectivity index (χ1) is 9.53. The SMILES string of the molecule is CC(CNC(=O)C1(N)CCCC1)N(C)c1ccccc1.Cl.Cl. The predicted octanol–water partition coefficient (Wildman–Crippen LogP) is 2.74. The normalized spacial score (nSPS) is 16.9. The third-order valence-corrected chi connectivity index (χ3v) is 4.33. The Bertz CT molecular complexity index is 450. The van der Waals surface area contributed by atoms with Crippen LogP contribution in [0.5, 0.6) is 0 Å². The number of nitrogens with zero attached hydrogens (tertiary/aromatic N) is 1. The zero-order valence-corrected chi connectivity index (χ0v) is 14.9. The molecule has 4 nitrogen and oxygen atoms in total. The smallest absolute Gasteiger partial charge is 0.240 e. The fourth-order valence-corrected chi connectivity index (χ4v) is 2.70. The van der Waals surface area contributed by atoms with Gasteiger partial charge < -0.3 is 16.0 Å². The van der Waals surface area contributed by atoms with Gasteiger partial charge in [-0.05, 0) is 31.9 Å². The summed E-state index contributed by atoms with van der Waals surface area (Å²) < 4.78 is 0. The first-order valence-corrected chi connectivity index (χ1v) is 7.38. The molecule has 6 heteroatoms. The highest BCUT2D eigenvalue weighted by molar-refractivity contribution is 5.86. The van der Waals surface area contributed by atoms with E-state index in [-0.39, 0.29) is 36.8 Å². The van der Waals surface area contributed by atoms with Gasteiger partial charge in [0.1, 0.15) is 0 Å². The summed E-state index contributed by atoms with van der Waals surface area (Å²) in [5.74, 6) is 0.00307. The van der Waals surface area contributed by atoms with E-state index in [1.165, 1.54) is 0 Å². The molecule has 1 saturated carbocycles. The zero-order valence-electron chi connectivity index (χ0n) is 13.2. The van der Waals surface area contributed by atoms with Gasteiger partial charge in [0, 0.05) is 25.3 Å². The van der Waals surface area contributed by atoms with Crippen molar-refractivity contribution in [1.82, 2.24) is 5.32 Å². The number of benzene rings is 1. The standard InChI is InChI=1S/C16H25N3O.2ClH/c1-13(19(2)14-8-4-3-5-9-14)12-18-15(20)16(17)10-6-7-11-16;;/h3-5,8-9,13H,6-7,10-12,17H2,1-2H3,(H,18,20);2*1H. The van der Waals surface area contributed by atoms with Gasteiger partial charge in [0.2, 0.25) is 5.91 Å². The lowest BCUT2D eigenvalue weighted by Crippen LogP contribution is -2.54. The largest absolute Gasteiger partial charge is 0.370 e. The van der Waals surface area contributed by atoms with E-state index in [9.17, 15) is 4.79 Å². The Labute approximate surface area is 145 Å². The van der Waals surface area contributed by atoms with Crippen molar-refractivity contribution in [2.75, 3.05) is 18.5 Å². The first kappa shape index (κ1) is 21.0. The number of nitrogens with one attached hydrogen (secondary N) is 1. The van der Waals surface area contributed by atoms with Crippen LogP contribution in [0.1, 0.15) is 32.6 Å². The number of rotatable bonds is 5. The van der Waals surface area contributed by atoms with Crippen LogP contribution in [0, 0.1) is 0 Å². The summed E-state index contributed by atoms with van der Waals surface area (Å²) in [6.07, 6.45) is 3.73. The van der Waals surface area contributed by atoms with Crippen molar-refractivity contribution in [1.29, 1.82) is 0 Å². The van der Waals surface area contributed by atoms with Gasteiger partial charge in [0.15, 0.2) is 0 Å². The minimum absolute atomic E-state index is 0. The third kappa shape index (κ3) is 5.04. The number of likely N-dealkylation sites (N-methyl/N-ethyl adjacent to an activating group) is 1. The van der Waals surface area contributed by atoms with Gasteiger partial charge in [-0.15, -0.1) is 24.8 Å². The zero-order chi connectivity index (χ0) is 14.6. The lowest BCUT2D eigenvalue weighted by atomic mass is 9.98. The Kier molecular flexibility index (Phi) is 8.83. The van der Waals surface area contributed by atoms with Gasteiger partial charge in [-0.3, -0.25) is 4.79 Å². The Morgan fingerprint density at radius 3 is 2.36 bits per heavy atom. The molecule has 0 aliphatic heterocycles. The maximum Gasteiger partial charge on any atom is 0.240 e. The van der Waals surface area contributed by atoms with Crippen LogP contribution >= 0.6 is 24.8 Å². The lowest BCUT2D eigenvalue weighted by Gasteiger charge is -2.29. The molecular formula is C16H27Cl2N3O.